The lowest BCUT2D eigenvalue weighted by Crippen LogP contribution is -2.02. The van der Waals surface area contributed by atoms with E-state index in [4.69, 9.17) is 0 Å². The number of rotatable bonds is 3. The number of benzene rings is 1. The minimum absolute atomic E-state index is 0.0200. The van der Waals surface area contributed by atoms with Gasteiger partial charge in [-0.3, -0.25) is 14.2 Å². The predicted octanol–water partition coefficient (Wildman–Crippen LogP) is 2.77. The molecule has 1 N–H and O–H groups in total. The van der Waals surface area contributed by atoms with Crippen molar-refractivity contribution in [2.75, 3.05) is 0 Å². The first-order valence-electron chi connectivity index (χ1n) is 5.83. The lowest BCUT2D eigenvalue weighted by atomic mass is 10.0. The molecule has 3 rings (SSSR count). The second kappa shape index (κ2) is 4.74. The third-order valence-electron chi connectivity index (χ3n) is 2.97. The summed E-state index contributed by atoms with van der Waals surface area (Å²) in [6.45, 7) is 0. The minimum atomic E-state index is 0.0200. The third-order valence-corrected chi connectivity index (χ3v) is 3.82. The zero-order valence-corrected chi connectivity index (χ0v) is 10.5. The summed E-state index contributed by atoms with van der Waals surface area (Å²) in [7, 11) is 0. The molecule has 3 nitrogen and oxygen atoms in total. The molecule has 4 heteroatoms. The summed E-state index contributed by atoms with van der Waals surface area (Å²) >= 11 is 1.40. The fourth-order valence-electron chi connectivity index (χ4n) is 2.09. The number of aromatic amines is 1. The van der Waals surface area contributed by atoms with E-state index < -0.39 is 0 Å². The Morgan fingerprint density at radius 2 is 2.06 bits per heavy atom. The molecule has 0 aliphatic heterocycles. The standard InChI is InChI=1S/C14H12N2OS/c17-14-13-10(4-3-6-12(13)18-16-14)7-8-11-5-1-2-9-15-11/h1-6,9H,7-8H2,(H,16,17). The summed E-state index contributed by atoms with van der Waals surface area (Å²) in [4.78, 5) is 16.1. The molecule has 2 heterocycles. The van der Waals surface area contributed by atoms with Crippen molar-refractivity contribution in [3.8, 4) is 0 Å². The van der Waals surface area contributed by atoms with Crippen molar-refractivity contribution < 1.29 is 0 Å². The van der Waals surface area contributed by atoms with E-state index >= 15 is 0 Å². The summed E-state index contributed by atoms with van der Waals surface area (Å²) in [6, 6.07) is 11.9. The van der Waals surface area contributed by atoms with Gasteiger partial charge in [0.1, 0.15) is 0 Å². The molecular weight excluding hydrogens is 244 g/mol. The van der Waals surface area contributed by atoms with Crippen molar-refractivity contribution >= 4 is 21.6 Å². The zero-order valence-electron chi connectivity index (χ0n) is 9.72. The van der Waals surface area contributed by atoms with Gasteiger partial charge in [-0.15, -0.1) is 0 Å². The highest BCUT2D eigenvalue weighted by molar-refractivity contribution is 7.13. The smallest absolute Gasteiger partial charge is 0.266 e. The van der Waals surface area contributed by atoms with E-state index in [1.54, 1.807) is 6.20 Å². The number of nitrogens with one attached hydrogen (secondary N) is 1. The van der Waals surface area contributed by atoms with Crippen LogP contribution in [0.5, 0.6) is 0 Å². The third kappa shape index (κ3) is 2.07. The number of H-pyrrole nitrogens is 1. The summed E-state index contributed by atoms with van der Waals surface area (Å²) in [5, 5.41) is 0.832. The monoisotopic (exact) mass is 256 g/mol. The highest BCUT2D eigenvalue weighted by Gasteiger charge is 2.07. The predicted molar refractivity (Wildman–Crippen MR) is 74.1 cm³/mol. The van der Waals surface area contributed by atoms with Gasteiger partial charge in [-0.1, -0.05) is 29.7 Å². The summed E-state index contributed by atoms with van der Waals surface area (Å²) in [5.41, 5.74) is 2.17. The number of pyridine rings is 1. The number of nitrogens with zero attached hydrogens (tertiary/aromatic N) is 1. The Labute approximate surface area is 108 Å². The van der Waals surface area contributed by atoms with Gasteiger partial charge in [0.05, 0.1) is 10.1 Å². The van der Waals surface area contributed by atoms with E-state index in [2.05, 4.69) is 9.36 Å². The molecule has 0 aliphatic carbocycles. The Balaban J connectivity index is 1.91. The topological polar surface area (TPSA) is 45.8 Å². The van der Waals surface area contributed by atoms with Gasteiger partial charge in [0.2, 0.25) is 0 Å². The van der Waals surface area contributed by atoms with Crippen LogP contribution in [0.1, 0.15) is 11.3 Å². The minimum Gasteiger partial charge on any atom is -0.277 e. The van der Waals surface area contributed by atoms with Crippen LogP contribution in [0.3, 0.4) is 0 Å². The van der Waals surface area contributed by atoms with Crippen LogP contribution in [0.2, 0.25) is 0 Å². The maximum absolute atomic E-state index is 11.8. The molecule has 0 saturated carbocycles. The molecule has 0 atom stereocenters. The van der Waals surface area contributed by atoms with Gasteiger partial charge in [-0.2, -0.15) is 0 Å². The van der Waals surface area contributed by atoms with Crippen molar-refractivity contribution in [1.29, 1.82) is 0 Å². The molecule has 0 amide bonds. The van der Waals surface area contributed by atoms with Crippen LogP contribution in [0.25, 0.3) is 10.1 Å². The summed E-state index contributed by atoms with van der Waals surface area (Å²) in [5.74, 6) is 0. The molecule has 18 heavy (non-hydrogen) atoms. The van der Waals surface area contributed by atoms with E-state index in [0.717, 1.165) is 34.2 Å². The Morgan fingerprint density at radius 3 is 2.89 bits per heavy atom. The quantitative estimate of drug-likeness (QED) is 0.783. The van der Waals surface area contributed by atoms with E-state index in [-0.39, 0.29) is 5.56 Å². The number of aromatic nitrogens is 2. The Hall–Kier alpha value is -1.94. The lowest BCUT2D eigenvalue weighted by Gasteiger charge is -2.02. The Morgan fingerprint density at radius 1 is 1.11 bits per heavy atom. The van der Waals surface area contributed by atoms with Crippen molar-refractivity contribution in [2.45, 2.75) is 12.8 Å². The molecule has 90 valence electrons. The second-order valence-electron chi connectivity index (χ2n) is 4.14. The van der Waals surface area contributed by atoms with Crippen molar-refractivity contribution in [2.24, 2.45) is 0 Å². The number of hydrogen-bond donors (Lipinski definition) is 1. The van der Waals surface area contributed by atoms with Gasteiger partial charge in [-0.25, -0.2) is 0 Å². The first-order valence-corrected chi connectivity index (χ1v) is 6.65. The molecule has 0 unspecified atom stereocenters. The van der Waals surface area contributed by atoms with Gasteiger partial charge in [-0.05, 0) is 36.6 Å². The largest absolute Gasteiger partial charge is 0.277 e. The Bertz CT molecular complexity index is 715. The molecule has 0 aliphatic rings. The number of fused-ring (bicyclic) bond motifs is 1. The van der Waals surface area contributed by atoms with E-state index in [0.29, 0.717) is 0 Å². The van der Waals surface area contributed by atoms with E-state index in [1.807, 2.05) is 36.4 Å². The molecule has 2 aromatic heterocycles. The van der Waals surface area contributed by atoms with Gasteiger partial charge < -0.3 is 0 Å². The lowest BCUT2D eigenvalue weighted by molar-refractivity contribution is 0.919. The molecule has 0 fully saturated rings. The van der Waals surface area contributed by atoms with Gasteiger partial charge in [0, 0.05) is 11.9 Å². The van der Waals surface area contributed by atoms with Crippen molar-refractivity contribution in [1.82, 2.24) is 9.36 Å². The van der Waals surface area contributed by atoms with Gasteiger partial charge in [0.15, 0.2) is 0 Å². The first-order chi connectivity index (χ1) is 8.84. The van der Waals surface area contributed by atoms with Gasteiger partial charge in [0.25, 0.3) is 5.56 Å². The number of hydrogen-bond acceptors (Lipinski definition) is 3. The molecule has 0 radical (unpaired) electrons. The maximum atomic E-state index is 11.8. The highest BCUT2D eigenvalue weighted by atomic mass is 32.1. The average Bonchev–Trinajstić information content (AvgIpc) is 2.80. The van der Waals surface area contributed by atoms with Crippen molar-refractivity contribution in [3.05, 3.63) is 64.2 Å². The molecule has 3 aromatic rings. The van der Waals surface area contributed by atoms with Crippen LogP contribution >= 0.6 is 11.5 Å². The highest BCUT2D eigenvalue weighted by Crippen LogP contribution is 2.19. The molecular formula is C14H12N2OS. The van der Waals surface area contributed by atoms with Crippen LogP contribution in [0, 0.1) is 0 Å². The fourth-order valence-corrected chi connectivity index (χ4v) is 2.87. The molecule has 0 saturated heterocycles. The van der Waals surface area contributed by atoms with Crippen LogP contribution in [0.15, 0.2) is 47.4 Å². The van der Waals surface area contributed by atoms with Gasteiger partial charge >= 0.3 is 0 Å². The Kier molecular flexibility index (Phi) is 2.94. The molecule has 1 aromatic carbocycles. The van der Waals surface area contributed by atoms with Crippen molar-refractivity contribution in [3.63, 3.8) is 0 Å². The summed E-state index contributed by atoms with van der Waals surface area (Å²) < 4.78 is 3.81. The zero-order chi connectivity index (χ0) is 12.4. The van der Waals surface area contributed by atoms with Crippen LogP contribution in [-0.2, 0) is 12.8 Å². The van der Waals surface area contributed by atoms with Crippen LogP contribution in [-0.4, -0.2) is 9.36 Å². The normalized spacial score (nSPS) is 10.9. The second-order valence-corrected chi connectivity index (χ2v) is 4.99. The first kappa shape index (κ1) is 11.2. The maximum Gasteiger partial charge on any atom is 0.266 e. The van der Waals surface area contributed by atoms with Crippen LogP contribution in [0.4, 0.5) is 0 Å². The fraction of sp³-hybridized carbons (Fsp3) is 0.143. The summed E-state index contributed by atoms with van der Waals surface area (Å²) in [6.07, 6.45) is 3.50. The molecule has 0 spiro atoms. The number of aryl methyl sites for hydroxylation is 2. The molecule has 0 bridgehead atoms. The van der Waals surface area contributed by atoms with E-state index in [1.165, 1.54) is 11.5 Å². The SMILES string of the molecule is O=c1[nH]sc2cccc(CCc3ccccn3)c12. The van der Waals surface area contributed by atoms with E-state index in [9.17, 15) is 4.79 Å². The van der Waals surface area contributed by atoms with Crippen LogP contribution < -0.4 is 5.56 Å². The average molecular weight is 256 g/mol.